The van der Waals surface area contributed by atoms with Crippen LogP contribution in [-0.4, -0.2) is 35.6 Å². The third-order valence-electron chi connectivity index (χ3n) is 4.92. The van der Waals surface area contributed by atoms with Crippen molar-refractivity contribution < 1.29 is 14.2 Å². The highest BCUT2D eigenvalue weighted by Crippen LogP contribution is 2.29. The van der Waals surface area contributed by atoms with E-state index >= 15 is 0 Å². The molecule has 1 saturated heterocycles. The number of anilines is 1. The quantitative estimate of drug-likeness (QED) is 0.587. The van der Waals surface area contributed by atoms with Gasteiger partial charge in [-0.3, -0.25) is 4.99 Å². The smallest absolute Gasteiger partial charge is 0.198 e. The van der Waals surface area contributed by atoms with E-state index in [1.807, 2.05) is 25.1 Å². The Morgan fingerprint density at radius 1 is 1.26 bits per heavy atom. The van der Waals surface area contributed by atoms with Crippen molar-refractivity contribution in [2.45, 2.75) is 25.8 Å². The lowest BCUT2D eigenvalue weighted by atomic mass is 10.1. The van der Waals surface area contributed by atoms with Gasteiger partial charge in [0.2, 0.25) is 0 Å². The van der Waals surface area contributed by atoms with Crippen molar-refractivity contribution >= 4 is 28.5 Å². The number of aryl methyl sites for hydroxylation is 1. The van der Waals surface area contributed by atoms with Crippen LogP contribution in [0.25, 0.3) is 10.9 Å². The van der Waals surface area contributed by atoms with Crippen molar-refractivity contribution in [3.8, 4) is 5.88 Å². The fourth-order valence-corrected chi connectivity index (χ4v) is 3.43. The summed E-state index contributed by atoms with van der Waals surface area (Å²) in [6.07, 6.45) is 3.51. The zero-order chi connectivity index (χ0) is 18.8. The summed E-state index contributed by atoms with van der Waals surface area (Å²) in [5.74, 6) is -0.480. The molecule has 5 nitrogen and oxygen atoms in total. The highest BCUT2D eigenvalue weighted by Gasteiger charge is 2.15. The van der Waals surface area contributed by atoms with Crippen LogP contribution < -0.4 is 5.32 Å². The van der Waals surface area contributed by atoms with Gasteiger partial charge in [0.15, 0.2) is 5.88 Å². The molecule has 6 heteroatoms. The predicted octanol–water partition coefficient (Wildman–Crippen LogP) is 4.66. The van der Waals surface area contributed by atoms with Gasteiger partial charge in [-0.15, -0.1) is 0 Å². The lowest BCUT2D eigenvalue weighted by molar-refractivity contribution is 0.0904. The van der Waals surface area contributed by atoms with Gasteiger partial charge in [0.25, 0.3) is 0 Å². The lowest BCUT2D eigenvalue weighted by Gasteiger charge is -2.25. The normalized spacial score (nSPS) is 15.6. The summed E-state index contributed by atoms with van der Waals surface area (Å²) in [5.41, 5.74) is 3.81. The first kappa shape index (κ1) is 17.5. The number of H-pyrrole nitrogens is 1. The number of rotatable bonds is 4. The minimum absolute atomic E-state index is 0.0895. The predicted molar refractivity (Wildman–Crippen MR) is 106 cm³/mol. The fraction of sp³-hybridized carbons (Fsp3) is 0.286. The van der Waals surface area contributed by atoms with Crippen molar-refractivity contribution in [3.63, 3.8) is 0 Å². The zero-order valence-electron chi connectivity index (χ0n) is 15.1. The van der Waals surface area contributed by atoms with E-state index in [0.29, 0.717) is 22.5 Å². The van der Waals surface area contributed by atoms with E-state index in [2.05, 4.69) is 15.3 Å². The van der Waals surface area contributed by atoms with Gasteiger partial charge in [0, 0.05) is 36.5 Å². The SMILES string of the molecule is Cc1cc(N=Cc2c(O)[nH]c3cccc(F)c23)ccc1NC1CCOCC1. The molecule has 0 radical (unpaired) electrons. The minimum atomic E-state index is -0.391. The van der Waals surface area contributed by atoms with E-state index < -0.39 is 5.82 Å². The van der Waals surface area contributed by atoms with E-state index in [0.717, 1.165) is 43.0 Å². The number of aromatic nitrogens is 1. The molecule has 4 rings (SSSR count). The average molecular weight is 367 g/mol. The molecule has 2 aromatic carbocycles. The maximum Gasteiger partial charge on any atom is 0.198 e. The summed E-state index contributed by atoms with van der Waals surface area (Å²) < 4.78 is 19.5. The van der Waals surface area contributed by atoms with Crippen molar-refractivity contribution in [2.24, 2.45) is 4.99 Å². The fourth-order valence-electron chi connectivity index (χ4n) is 3.43. The van der Waals surface area contributed by atoms with Crippen LogP contribution in [0.1, 0.15) is 24.0 Å². The first-order valence-corrected chi connectivity index (χ1v) is 9.10. The van der Waals surface area contributed by atoms with Crippen LogP contribution in [0, 0.1) is 12.7 Å². The Kier molecular flexibility index (Phi) is 4.81. The van der Waals surface area contributed by atoms with E-state index in [4.69, 9.17) is 4.74 Å². The van der Waals surface area contributed by atoms with Gasteiger partial charge in [0.05, 0.1) is 16.8 Å². The summed E-state index contributed by atoms with van der Waals surface area (Å²) in [6.45, 7) is 3.62. The maximum absolute atomic E-state index is 14.1. The first-order valence-electron chi connectivity index (χ1n) is 9.10. The molecule has 1 aromatic heterocycles. The monoisotopic (exact) mass is 367 g/mol. The number of nitrogens with zero attached hydrogens (tertiary/aromatic N) is 1. The molecule has 27 heavy (non-hydrogen) atoms. The number of benzene rings is 2. The Labute approximate surface area is 156 Å². The Bertz CT molecular complexity index is 991. The van der Waals surface area contributed by atoms with Crippen LogP contribution in [-0.2, 0) is 4.74 Å². The number of fused-ring (bicyclic) bond motifs is 1. The molecule has 140 valence electrons. The standard InChI is InChI=1S/C21H22FN3O2/c1-13-11-15(5-6-18(13)24-14-7-9-27-10-8-14)23-12-16-20-17(22)3-2-4-19(20)25-21(16)26/h2-6,11-12,14,24-26H,7-10H2,1H3. The first-order chi connectivity index (χ1) is 13.1. The van der Waals surface area contributed by atoms with Gasteiger partial charge < -0.3 is 20.1 Å². The molecular formula is C21H22FN3O2. The lowest BCUT2D eigenvalue weighted by Crippen LogP contribution is -2.28. The molecule has 1 aliphatic heterocycles. The number of aliphatic imine (C=N–C) groups is 1. The van der Waals surface area contributed by atoms with Crippen LogP contribution >= 0.6 is 0 Å². The van der Waals surface area contributed by atoms with Gasteiger partial charge in [-0.25, -0.2) is 4.39 Å². The second-order valence-electron chi connectivity index (χ2n) is 6.84. The van der Waals surface area contributed by atoms with Gasteiger partial charge in [-0.05, 0) is 55.7 Å². The highest BCUT2D eigenvalue weighted by atomic mass is 19.1. The molecule has 3 N–H and O–H groups in total. The molecule has 0 saturated carbocycles. The molecule has 2 heterocycles. The third kappa shape index (κ3) is 3.66. The molecule has 0 unspecified atom stereocenters. The molecule has 0 bridgehead atoms. The van der Waals surface area contributed by atoms with Crippen LogP contribution in [0.5, 0.6) is 5.88 Å². The number of nitrogens with one attached hydrogen (secondary N) is 2. The van der Waals surface area contributed by atoms with E-state index in [-0.39, 0.29) is 5.88 Å². The second-order valence-corrected chi connectivity index (χ2v) is 6.84. The zero-order valence-corrected chi connectivity index (χ0v) is 15.1. The topological polar surface area (TPSA) is 69.6 Å². The Morgan fingerprint density at radius 2 is 2.07 bits per heavy atom. The molecule has 1 fully saturated rings. The summed E-state index contributed by atoms with van der Waals surface area (Å²) >= 11 is 0. The van der Waals surface area contributed by atoms with Gasteiger partial charge >= 0.3 is 0 Å². The Hall–Kier alpha value is -2.86. The van der Waals surface area contributed by atoms with Crippen LogP contribution in [0.4, 0.5) is 15.8 Å². The van der Waals surface area contributed by atoms with Crippen LogP contribution in [0.3, 0.4) is 0 Å². The number of halogens is 1. The molecule has 3 aromatic rings. The molecule has 0 aliphatic carbocycles. The number of hydrogen-bond donors (Lipinski definition) is 3. The van der Waals surface area contributed by atoms with E-state index in [9.17, 15) is 9.50 Å². The molecule has 0 spiro atoms. The van der Waals surface area contributed by atoms with Gasteiger partial charge in [-0.1, -0.05) is 6.07 Å². The Morgan fingerprint density at radius 3 is 2.85 bits per heavy atom. The minimum Gasteiger partial charge on any atom is -0.494 e. The third-order valence-corrected chi connectivity index (χ3v) is 4.92. The summed E-state index contributed by atoms with van der Waals surface area (Å²) in [4.78, 5) is 7.20. The number of ether oxygens (including phenoxy) is 1. The average Bonchev–Trinajstić information content (AvgIpc) is 2.99. The number of hydrogen-bond acceptors (Lipinski definition) is 4. The van der Waals surface area contributed by atoms with Crippen molar-refractivity contribution in [1.82, 2.24) is 4.98 Å². The summed E-state index contributed by atoms with van der Waals surface area (Å²) in [6, 6.07) is 11.0. The van der Waals surface area contributed by atoms with E-state index in [1.165, 1.54) is 12.3 Å². The summed E-state index contributed by atoms with van der Waals surface area (Å²) in [5, 5.41) is 14.0. The Balaban J connectivity index is 1.56. The molecule has 0 atom stereocenters. The van der Waals surface area contributed by atoms with Crippen molar-refractivity contribution in [3.05, 3.63) is 53.3 Å². The molecule has 0 amide bonds. The molecule has 1 aliphatic rings. The van der Waals surface area contributed by atoms with E-state index in [1.54, 1.807) is 12.1 Å². The summed E-state index contributed by atoms with van der Waals surface area (Å²) in [7, 11) is 0. The van der Waals surface area contributed by atoms with Crippen molar-refractivity contribution in [1.29, 1.82) is 0 Å². The number of aromatic hydroxyl groups is 1. The second kappa shape index (κ2) is 7.40. The highest BCUT2D eigenvalue weighted by molar-refractivity contribution is 6.02. The van der Waals surface area contributed by atoms with Gasteiger partial charge in [0.1, 0.15) is 5.82 Å². The largest absolute Gasteiger partial charge is 0.494 e. The van der Waals surface area contributed by atoms with Crippen molar-refractivity contribution in [2.75, 3.05) is 18.5 Å². The number of aromatic amines is 1. The molecular weight excluding hydrogens is 345 g/mol. The van der Waals surface area contributed by atoms with Crippen LogP contribution in [0.15, 0.2) is 41.4 Å². The van der Waals surface area contributed by atoms with Gasteiger partial charge in [-0.2, -0.15) is 0 Å². The maximum atomic E-state index is 14.1. The van der Waals surface area contributed by atoms with Crippen LogP contribution in [0.2, 0.25) is 0 Å².